The van der Waals surface area contributed by atoms with Gasteiger partial charge >= 0.3 is 0 Å². The third-order valence-electron chi connectivity index (χ3n) is 3.82. The Morgan fingerprint density at radius 1 is 1.10 bits per heavy atom. The molecular formula is C18H14F3N5O2S. The molecule has 0 aliphatic rings. The first-order valence-electron chi connectivity index (χ1n) is 8.12. The highest BCUT2D eigenvalue weighted by molar-refractivity contribution is 7.17. The average molecular weight is 421 g/mol. The van der Waals surface area contributed by atoms with Crippen molar-refractivity contribution in [2.75, 3.05) is 16.4 Å². The Hall–Kier alpha value is -3.47. The van der Waals surface area contributed by atoms with Crippen LogP contribution >= 0.6 is 11.3 Å². The van der Waals surface area contributed by atoms with Crippen LogP contribution < -0.4 is 16.4 Å². The van der Waals surface area contributed by atoms with E-state index in [9.17, 15) is 22.8 Å². The average Bonchev–Trinajstić information content (AvgIpc) is 3.10. The van der Waals surface area contributed by atoms with Crippen molar-refractivity contribution < 1.29 is 22.8 Å². The summed E-state index contributed by atoms with van der Waals surface area (Å²) < 4.78 is 39.9. The van der Waals surface area contributed by atoms with Gasteiger partial charge in [0.2, 0.25) is 0 Å². The van der Waals surface area contributed by atoms with Gasteiger partial charge in [0.05, 0.1) is 23.6 Å². The van der Waals surface area contributed by atoms with Crippen LogP contribution in [-0.4, -0.2) is 21.8 Å². The highest BCUT2D eigenvalue weighted by Crippen LogP contribution is 2.24. The fourth-order valence-electron chi connectivity index (χ4n) is 2.40. The van der Waals surface area contributed by atoms with Crippen LogP contribution in [0.5, 0.6) is 0 Å². The van der Waals surface area contributed by atoms with E-state index in [0.29, 0.717) is 5.56 Å². The Morgan fingerprint density at radius 3 is 2.52 bits per heavy atom. The minimum Gasteiger partial charge on any atom is -0.375 e. The van der Waals surface area contributed by atoms with E-state index in [0.717, 1.165) is 41.9 Å². The van der Waals surface area contributed by atoms with Gasteiger partial charge in [0.1, 0.15) is 10.7 Å². The largest absolute Gasteiger partial charge is 0.375 e. The van der Waals surface area contributed by atoms with E-state index in [-0.39, 0.29) is 32.5 Å². The molecule has 2 heterocycles. The maximum absolute atomic E-state index is 14.3. The third-order valence-corrected chi connectivity index (χ3v) is 4.65. The third kappa shape index (κ3) is 4.69. The summed E-state index contributed by atoms with van der Waals surface area (Å²) in [4.78, 5) is 32.3. The molecule has 0 radical (unpaired) electrons. The molecule has 7 nitrogen and oxygen atoms in total. The van der Waals surface area contributed by atoms with Crippen LogP contribution in [0.2, 0.25) is 0 Å². The molecule has 0 saturated heterocycles. The summed E-state index contributed by atoms with van der Waals surface area (Å²) in [5, 5.41) is 5.10. The van der Waals surface area contributed by atoms with Crippen molar-refractivity contribution in [1.29, 1.82) is 0 Å². The number of nitrogens with zero attached hydrogens (tertiary/aromatic N) is 2. The number of nitrogens with one attached hydrogen (secondary N) is 2. The fraction of sp³-hybridized carbons (Fsp3) is 0.111. The van der Waals surface area contributed by atoms with Gasteiger partial charge in [0, 0.05) is 17.4 Å². The topological polar surface area (TPSA) is 110 Å². The Balaban J connectivity index is 1.83. The minimum absolute atomic E-state index is 0.0153. The van der Waals surface area contributed by atoms with Crippen LogP contribution in [0.1, 0.15) is 37.6 Å². The number of aromatic nitrogens is 2. The number of rotatable bonds is 5. The molecule has 0 fully saturated rings. The number of halogens is 3. The van der Waals surface area contributed by atoms with Crippen molar-refractivity contribution in [3.05, 3.63) is 64.2 Å². The summed E-state index contributed by atoms with van der Waals surface area (Å²) in [6.45, 7) is 1.55. The molecule has 0 atom stereocenters. The molecule has 4 N–H and O–H groups in total. The predicted molar refractivity (Wildman–Crippen MR) is 103 cm³/mol. The van der Waals surface area contributed by atoms with Gasteiger partial charge in [-0.2, -0.15) is 0 Å². The molecule has 29 heavy (non-hydrogen) atoms. The van der Waals surface area contributed by atoms with Crippen molar-refractivity contribution >= 4 is 39.7 Å². The summed E-state index contributed by atoms with van der Waals surface area (Å²) >= 11 is 0.973. The van der Waals surface area contributed by atoms with Gasteiger partial charge in [0.15, 0.2) is 5.13 Å². The van der Waals surface area contributed by atoms with Crippen LogP contribution in [0.15, 0.2) is 36.8 Å². The number of nitrogen functional groups attached to an aromatic ring is 1. The van der Waals surface area contributed by atoms with Crippen LogP contribution in [0.25, 0.3) is 0 Å². The highest BCUT2D eigenvalue weighted by atomic mass is 32.1. The summed E-state index contributed by atoms with van der Waals surface area (Å²) in [6.07, 6.45) is 0.655. The van der Waals surface area contributed by atoms with Gasteiger partial charge in [-0.1, -0.05) is 11.3 Å². The lowest BCUT2D eigenvalue weighted by Crippen LogP contribution is -2.17. The van der Waals surface area contributed by atoms with Crippen molar-refractivity contribution in [2.24, 2.45) is 0 Å². The van der Waals surface area contributed by atoms with Gasteiger partial charge in [-0.15, -0.1) is 0 Å². The van der Waals surface area contributed by atoms with Gasteiger partial charge < -0.3 is 16.4 Å². The molecule has 0 aliphatic heterocycles. The second-order valence-corrected chi connectivity index (χ2v) is 6.99. The predicted octanol–water partition coefficient (Wildman–Crippen LogP) is 4.01. The van der Waals surface area contributed by atoms with Crippen molar-refractivity contribution in [3.63, 3.8) is 0 Å². The zero-order valence-electron chi connectivity index (χ0n) is 14.9. The summed E-state index contributed by atoms with van der Waals surface area (Å²) in [6, 6.07) is 3.28. The number of aryl methyl sites for hydroxylation is 1. The Bertz CT molecular complexity index is 1090. The lowest BCUT2D eigenvalue weighted by Gasteiger charge is -2.12. The van der Waals surface area contributed by atoms with Gasteiger partial charge in [-0.05, 0) is 30.7 Å². The lowest BCUT2D eigenvalue weighted by atomic mass is 10.1. The Labute approximate surface area is 166 Å². The molecule has 0 spiro atoms. The van der Waals surface area contributed by atoms with E-state index in [2.05, 4.69) is 20.6 Å². The van der Waals surface area contributed by atoms with E-state index in [1.807, 2.05) is 0 Å². The Kier molecular flexibility index (Phi) is 5.78. The molecular weight excluding hydrogens is 407 g/mol. The monoisotopic (exact) mass is 421 g/mol. The summed E-state index contributed by atoms with van der Waals surface area (Å²) in [5.41, 5.74) is 5.30. The molecule has 3 rings (SSSR count). The second kappa shape index (κ2) is 8.27. The first-order valence-corrected chi connectivity index (χ1v) is 8.93. The Morgan fingerprint density at radius 2 is 1.86 bits per heavy atom. The molecule has 0 saturated carbocycles. The first-order chi connectivity index (χ1) is 13.7. The SMILES string of the molecule is Cc1cc(F)c(C(=O)Nc2cncc(C(F)F)c2)cc1NC(=O)c1cnc(N)s1. The number of hydrogen-bond donors (Lipinski definition) is 3. The number of thiazole rings is 1. The van der Waals surface area contributed by atoms with Crippen molar-refractivity contribution in [2.45, 2.75) is 13.3 Å². The number of alkyl halides is 2. The molecule has 150 valence electrons. The van der Waals surface area contributed by atoms with Crippen molar-refractivity contribution in [1.82, 2.24) is 9.97 Å². The molecule has 2 aromatic heterocycles. The molecule has 3 aromatic rings. The molecule has 0 aliphatic carbocycles. The molecule has 11 heteroatoms. The quantitative estimate of drug-likeness (QED) is 0.577. The lowest BCUT2D eigenvalue weighted by molar-refractivity contribution is 0.101. The first kappa shape index (κ1) is 20.3. The molecule has 1 aromatic carbocycles. The highest BCUT2D eigenvalue weighted by Gasteiger charge is 2.18. The number of nitrogens with two attached hydrogens (primary N) is 1. The van der Waals surface area contributed by atoms with E-state index >= 15 is 0 Å². The smallest absolute Gasteiger partial charge is 0.267 e. The number of pyridine rings is 1. The van der Waals surface area contributed by atoms with Crippen molar-refractivity contribution in [3.8, 4) is 0 Å². The van der Waals surface area contributed by atoms with Crippen LogP contribution in [0.4, 0.5) is 29.7 Å². The van der Waals surface area contributed by atoms with Gasteiger partial charge in [-0.25, -0.2) is 18.2 Å². The van der Waals surface area contributed by atoms with E-state index in [1.54, 1.807) is 6.92 Å². The summed E-state index contributed by atoms with van der Waals surface area (Å²) in [7, 11) is 0. The minimum atomic E-state index is -2.77. The number of carbonyl (C=O) groups is 2. The van der Waals surface area contributed by atoms with E-state index in [1.165, 1.54) is 6.20 Å². The normalized spacial score (nSPS) is 10.8. The zero-order valence-corrected chi connectivity index (χ0v) is 15.7. The van der Waals surface area contributed by atoms with Crippen LogP contribution in [0.3, 0.4) is 0 Å². The zero-order chi connectivity index (χ0) is 21.1. The number of amides is 2. The molecule has 0 bridgehead atoms. The standard InChI is InChI=1S/C18H14F3N5O2S/c1-8-2-12(19)11(4-13(8)26-17(28)14-7-24-18(22)29-14)16(27)25-10-3-9(15(20)21)5-23-6-10/h2-7,15H,1H3,(H2,22,24)(H,25,27)(H,26,28). The van der Waals surface area contributed by atoms with E-state index in [4.69, 9.17) is 5.73 Å². The maximum Gasteiger partial charge on any atom is 0.267 e. The van der Waals surface area contributed by atoms with E-state index < -0.39 is 24.1 Å². The maximum atomic E-state index is 14.3. The van der Waals surface area contributed by atoms with Crippen LogP contribution in [0, 0.1) is 12.7 Å². The number of hydrogen-bond acceptors (Lipinski definition) is 6. The second-order valence-electron chi connectivity index (χ2n) is 5.93. The fourth-order valence-corrected chi connectivity index (χ4v) is 2.98. The van der Waals surface area contributed by atoms with Crippen LogP contribution in [-0.2, 0) is 0 Å². The molecule has 0 unspecified atom stereocenters. The number of benzene rings is 1. The molecule has 2 amide bonds. The summed E-state index contributed by atoms with van der Waals surface area (Å²) in [5.74, 6) is -2.24. The number of carbonyl (C=O) groups excluding carboxylic acids is 2. The number of anilines is 3. The van der Waals surface area contributed by atoms with Gasteiger partial charge in [0.25, 0.3) is 18.2 Å². The van der Waals surface area contributed by atoms with Gasteiger partial charge in [-0.3, -0.25) is 14.6 Å².